The predicted octanol–water partition coefficient (Wildman–Crippen LogP) is 6.05. The molecular weight excluding hydrogens is 808 g/mol. The maximum atomic E-state index is 14.8. The Hall–Kier alpha value is -5.09. The number of methoxy groups -OCH3 is 2. The molecule has 0 spiro atoms. The molecule has 3 N–H and O–H groups in total. The number of pyridine rings is 1. The molecule has 17 heteroatoms. The number of halogens is 1. The number of esters is 1. The van der Waals surface area contributed by atoms with E-state index < -0.39 is 53.0 Å². The highest BCUT2D eigenvalue weighted by molar-refractivity contribution is 6.36. The van der Waals surface area contributed by atoms with E-state index in [-0.39, 0.29) is 42.7 Å². The SMILES string of the molecule is C=C[C@@H]1C[C@]1(NC(=O)[C@@H]1C[C@@H](Oc2cc(-c3coc(NC(C)C)n3)nc3c(Cl)c(OCCOC)ccc23)CN1C(=O)[C@@H](NC(=O)OC1CC23CC2(C1)C3)C(C)(C)C)C(=O)OC. The Morgan fingerprint density at radius 3 is 2.41 bits per heavy atom. The van der Waals surface area contributed by atoms with Crippen LogP contribution in [-0.2, 0) is 28.6 Å². The predicted molar refractivity (Wildman–Crippen MR) is 224 cm³/mol. The summed E-state index contributed by atoms with van der Waals surface area (Å²) in [5.74, 6) is -1.29. The quantitative estimate of drug-likeness (QED) is 0.0857. The fourth-order valence-corrected chi connectivity index (χ4v) is 9.81. The van der Waals surface area contributed by atoms with Gasteiger partial charge in [-0.2, -0.15) is 4.98 Å². The molecule has 61 heavy (non-hydrogen) atoms. The minimum atomic E-state index is -1.31. The van der Waals surface area contributed by atoms with Gasteiger partial charge in [0.1, 0.15) is 64.9 Å². The normalized spacial score (nSPS) is 28.6. The van der Waals surface area contributed by atoms with Crippen molar-refractivity contribution in [1.82, 2.24) is 25.5 Å². The Kier molecular flexibility index (Phi) is 10.9. The summed E-state index contributed by atoms with van der Waals surface area (Å²) in [6, 6.07) is 3.38. The third-order valence-corrected chi connectivity index (χ3v) is 13.4. The average molecular weight is 863 g/mol. The molecule has 1 aromatic carbocycles. The molecule has 328 valence electrons. The molecule has 1 saturated heterocycles. The third-order valence-electron chi connectivity index (χ3n) is 13.0. The lowest BCUT2D eigenvalue weighted by atomic mass is 9.85. The first-order valence-corrected chi connectivity index (χ1v) is 21.3. The first kappa shape index (κ1) is 42.6. The number of rotatable bonds is 16. The number of ether oxygens (including phenoxy) is 5. The summed E-state index contributed by atoms with van der Waals surface area (Å²) < 4.78 is 34.5. The lowest BCUT2D eigenvalue weighted by Crippen LogP contribution is -2.59. The van der Waals surface area contributed by atoms with Gasteiger partial charge in [0.2, 0.25) is 11.8 Å². The molecular formula is C44H55ClN6O10. The van der Waals surface area contributed by atoms with Crippen molar-refractivity contribution in [1.29, 1.82) is 0 Å². The van der Waals surface area contributed by atoms with Crippen LogP contribution in [0.2, 0.25) is 5.02 Å². The number of anilines is 1. The zero-order valence-electron chi connectivity index (χ0n) is 35.7. The monoisotopic (exact) mass is 862 g/mol. The van der Waals surface area contributed by atoms with Gasteiger partial charge in [-0.15, -0.1) is 6.58 Å². The number of alkyl carbamates (subject to hydrolysis) is 1. The van der Waals surface area contributed by atoms with Crippen molar-refractivity contribution in [3.05, 3.63) is 42.1 Å². The fourth-order valence-electron chi connectivity index (χ4n) is 9.55. The van der Waals surface area contributed by atoms with Gasteiger partial charge in [0.15, 0.2) is 0 Å². The standard InChI is InChI=1S/C44H55ClN6O10/c1-9-24-16-44(24,38(54)57-8)50-36(52)30-14-25(19-51(30)37(53)35(41(4,5)6)49-40(55)61-26-17-42-21-43(42,18-26)22-42)60-32-15-28(29-20-59-39(48-29)46-23(2)3)47-34-27(32)10-11-31(33(34)45)58-13-12-56-7/h9-11,15,20,23-26,30,35H,1,12-14,16-19,21-22H2,2-8H3,(H,46,48)(H,49,55)(H,50,52)/t24-,25-,26?,30+,35-,42?,43?,44-/m1/s1. The molecule has 16 nitrogen and oxygen atoms in total. The molecule has 1 aliphatic heterocycles. The van der Waals surface area contributed by atoms with Gasteiger partial charge in [0, 0.05) is 36.9 Å². The number of hydrogen-bond donors (Lipinski definition) is 3. The van der Waals surface area contributed by atoms with E-state index in [1.165, 1.54) is 31.1 Å². The van der Waals surface area contributed by atoms with Gasteiger partial charge in [-0.05, 0) is 74.3 Å². The number of fused-ring (bicyclic) bond motifs is 1. The molecule has 0 bridgehead atoms. The molecule has 8 rings (SSSR count). The van der Waals surface area contributed by atoms with Crippen LogP contribution >= 0.6 is 11.6 Å². The van der Waals surface area contributed by atoms with Crippen molar-refractivity contribution in [2.24, 2.45) is 22.2 Å². The molecule has 5 fully saturated rings. The van der Waals surface area contributed by atoms with Gasteiger partial charge in [-0.3, -0.25) is 9.59 Å². The average Bonchev–Trinajstić information content (AvgIpc) is 3.98. The second-order valence-electron chi connectivity index (χ2n) is 18.7. The molecule has 0 unspecified atom stereocenters. The number of nitrogens with zero attached hydrogens (tertiary/aromatic N) is 3. The molecule has 3 heterocycles. The number of likely N-dealkylation sites (tertiary alicyclic amines) is 1. The van der Waals surface area contributed by atoms with E-state index in [1.54, 1.807) is 31.4 Å². The number of nitrogens with one attached hydrogen (secondary N) is 3. The first-order valence-electron chi connectivity index (χ1n) is 20.9. The molecule has 2 aromatic heterocycles. The summed E-state index contributed by atoms with van der Waals surface area (Å²) in [4.78, 5) is 66.6. The van der Waals surface area contributed by atoms with Gasteiger partial charge in [-0.1, -0.05) is 38.4 Å². The number of carbonyl (C=O) groups excluding carboxylic acids is 4. The van der Waals surface area contributed by atoms with Crippen LogP contribution in [0.25, 0.3) is 22.3 Å². The van der Waals surface area contributed by atoms with Gasteiger partial charge in [-0.25, -0.2) is 14.6 Å². The van der Waals surface area contributed by atoms with Gasteiger partial charge in [0.05, 0.1) is 31.5 Å². The van der Waals surface area contributed by atoms with Crippen LogP contribution in [0.4, 0.5) is 10.8 Å². The van der Waals surface area contributed by atoms with Crippen molar-refractivity contribution in [3.63, 3.8) is 0 Å². The van der Waals surface area contributed by atoms with Crippen LogP contribution in [0, 0.1) is 22.2 Å². The summed E-state index contributed by atoms with van der Waals surface area (Å²) in [5, 5.41) is 9.67. The van der Waals surface area contributed by atoms with Crippen LogP contribution in [0.15, 0.2) is 41.5 Å². The van der Waals surface area contributed by atoms with Crippen LogP contribution < -0.4 is 25.4 Å². The Morgan fingerprint density at radius 2 is 1.77 bits per heavy atom. The van der Waals surface area contributed by atoms with Crippen molar-refractivity contribution in [2.75, 3.05) is 39.3 Å². The highest BCUT2D eigenvalue weighted by atomic mass is 35.5. The minimum Gasteiger partial charge on any atom is -0.490 e. The van der Waals surface area contributed by atoms with Crippen molar-refractivity contribution in [3.8, 4) is 22.9 Å². The van der Waals surface area contributed by atoms with E-state index in [1.807, 2.05) is 34.6 Å². The summed E-state index contributed by atoms with van der Waals surface area (Å²) >= 11 is 6.96. The van der Waals surface area contributed by atoms with E-state index in [0.717, 1.165) is 12.8 Å². The van der Waals surface area contributed by atoms with E-state index >= 15 is 0 Å². The maximum Gasteiger partial charge on any atom is 0.408 e. The number of hydrogen-bond acceptors (Lipinski definition) is 13. The zero-order valence-corrected chi connectivity index (χ0v) is 36.5. The lowest BCUT2D eigenvalue weighted by Gasteiger charge is -2.35. The molecule has 3 aromatic rings. The van der Waals surface area contributed by atoms with E-state index in [2.05, 4.69) is 27.5 Å². The highest BCUT2D eigenvalue weighted by Gasteiger charge is 2.86. The minimum absolute atomic E-state index is 0.0402. The van der Waals surface area contributed by atoms with Gasteiger partial charge < -0.3 is 49.0 Å². The molecule has 3 amide bonds. The number of carbonyl (C=O) groups is 4. The lowest BCUT2D eigenvalue weighted by molar-refractivity contribution is -0.148. The third kappa shape index (κ3) is 7.97. The van der Waals surface area contributed by atoms with E-state index in [4.69, 9.17) is 44.7 Å². The Morgan fingerprint density at radius 1 is 1.03 bits per heavy atom. The molecule has 5 aliphatic rings. The molecule has 4 aliphatic carbocycles. The smallest absolute Gasteiger partial charge is 0.408 e. The second-order valence-corrected chi connectivity index (χ2v) is 19.1. The summed E-state index contributed by atoms with van der Waals surface area (Å²) in [5.41, 5.74) is -0.246. The maximum absolute atomic E-state index is 14.8. The van der Waals surface area contributed by atoms with Gasteiger partial charge in [0.25, 0.3) is 6.01 Å². The topological polar surface area (TPSA) is 193 Å². The van der Waals surface area contributed by atoms with Crippen molar-refractivity contribution >= 4 is 52.4 Å². The fraction of sp³-hybridized carbons (Fsp3) is 0.591. The summed E-state index contributed by atoms with van der Waals surface area (Å²) in [6.07, 6.45) is 5.92. The molecule has 0 radical (unpaired) electrons. The Labute approximate surface area is 359 Å². The number of aromatic nitrogens is 2. The summed E-state index contributed by atoms with van der Waals surface area (Å²) in [6.45, 7) is 13.8. The second kappa shape index (κ2) is 15.7. The van der Waals surface area contributed by atoms with Crippen LogP contribution in [0.1, 0.15) is 73.1 Å². The number of benzene rings is 1. The Bertz CT molecular complexity index is 2230. The Balaban J connectivity index is 1.10. The number of amides is 3. The van der Waals surface area contributed by atoms with E-state index in [0.29, 0.717) is 63.7 Å². The largest absolute Gasteiger partial charge is 0.490 e. The first-order chi connectivity index (χ1) is 28.9. The van der Waals surface area contributed by atoms with Crippen LogP contribution in [0.5, 0.6) is 11.5 Å². The van der Waals surface area contributed by atoms with Crippen molar-refractivity contribution in [2.45, 2.75) is 109 Å². The van der Waals surface area contributed by atoms with Crippen molar-refractivity contribution < 1.29 is 47.3 Å². The molecule has 4 saturated carbocycles. The van der Waals surface area contributed by atoms with E-state index in [9.17, 15) is 19.2 Å². The van der Waals surface area contributed by atoms with Gasteiger partial charge >= 0.3 is 12.1 Å². The highest BCUT2D eigenvalue weighted by Crippen LogP contribution is 2.93. The van der Waals surface area contributed by atoms with Crippen LogP contribution in [-0.4, -0.2) is 109 Å². The molecule has 5 atom stereocenters. The number of oxazole rings is 1. The summed E-state index contributed by atoms with van der Waals surface area (Å²) in [7, 11) is 2.83. The van der Waals surface area contributed by atoms with Crippen LogP contribution in [0.3, 0.4) is 0 Å². The zero-order chi connectivity index (χ0) is 43.6.